The summed E-state index contributed by atoms with van der Waals surface area (Å²) in [5.41, 5.74) is -0.495. The predicted octanol–water partition coefficient (Wildman–Crippen LogP) is 3.91. The fourth-order valence-electron chi connectivity index (χ4n) is 4.68. The van der Waals surface area contributed by atoms with Gasteiger partial charge in [-0.3, -0.25) is 14.5 Å². The quantitative estimate of drug-likeness (QED) is 0.0366. The fourth-order valence-corrected chi connectivity index (χ4v) is 5.51. The van der Waals surface area contributed by atoms with Gasteiger partial charge in [0.15, 0.2) is 5.78 Å². The molecule has 1 saturated heterocycles. The number of hydrogen-bond acceptors (Lipinski definition) is 13. The number of morpholine rings is 1. The van der Waals surface area contributed by atoms with E-state index in [2.05, 4.69) is 18.1 Å². The Hall–Kier alpha value is -3.07. The molecule has 0 radical (unpaired) electrons. The molecular formula is C35H51NO11S. The molecule has 2 rings (SSSR count). The van der Waals surface area contributed by atoms with E-state index in [0.29, 0.717) is 31.0 Å². The van der Waals surface area contributed by atoms with E-state index in [1.165, 1.54) is 11.8 Å². The van der Waals surface area contributed by atoms with Crippen LogP contribution in [0.2, 0.25) is 0 Å². The van der Waals surface area contributed by atoms with Crippen LogP contribution in [-0.4, -0.2) is 126 Å². The molecule has 12 nitrogen and oxygen atoms in total. The maximum atomic E-state index is 13.2. The number of ketones is 1. The van der Waals surface area contributed by atoms with E-state index in [9.17, 15) is 19.2 Å². The molecule has 1 fully saturated rings. The summed E-state index contributed by atoms with van der Waals surface area (Å²) < 4.78 is 38.0. The number of nitrogens with zero attached hydrogens (tertiary/aromatic N) is 1. The summed E-state index contributed by atoms with van der Waals surface area (Å²) in [4.78, 5) is 51.1. The molecule has 1 aromatic carbocycles. The number of rotatable bonds is 25. The molecule has 0 N–H and O–H groups in total. The Morgan fingerprint density at radius 2 is 1.31 bits per heavy atom. The highest BCUT2D eigenvalue weighted by Gasteiger charge is 2.36. The normalized spacial score (nSPS) is 13.8. The molecule has 1 heterocycles. The lowest BCUT2D eigenvalue weighted by Gasteiger charge is -2.39. The summed E-state index contributed by atoms with van der Waals surface area (Å²) >= 11 is 1.52. The summed E-state index contributed by atoms with van der Waals surface area (Å²) in [6.07, 6.45) is 3.04. The standard InChI is InChI=1S/C35H51NO11S/c1-6-30(37)45-21-18-42-25-35(8-3,26-43-19-22-46-31(38)7-2)27-44-20-23-47-32(39)13-24-48-29-11-9-28(10-12-29)33(40)34(4,5)36-14-16-41-17-15-36/h6-7,9-12H,1-2,8,13-27H2,3-5H3. The molecule has 0 unspecified atom stereocenters. The van der Waals surface area contributed by atoms with Crippen LogP contribution in [0.4, 0.5) is 0 Å². The van der Waals surface area contributed by atoms with Gasteiger partial charge in [0.1, 0.15) is 19.8 Å². The van der Waals surface area contributed by atoms with Gasteiger partial charge in [-0.1, -0.05) is 32.2 Å². The van der Waals surface area contributed by atoms with E-state index in [4.69, 9.17) is 33.2 Å². The lowest BCUT2D eigenvalue weighted by molar-refractivity contribution is -0.146. The minimum atomic E-state index is -0.613. The average molecular weight is 694 g/mol. The Labute approximate surface area is 288 Å². The highest BCUT2D eigenvalue weighted by Crippen LogP contribution is 2.26. The van der Waals surface area contributed by atoms with Crippen molar-refractivity contribution in [2.45, 2.75) is 44.0 Å². The zero-order valence-corrected chi connectivity index (χ0v) is 29.4. The van der Waals surface area contributed by atoms with Crippen molar-refractivity contribution in [2.75, 3.05) is 91.5 Å². The van der Waals surface area contributed by atoms with Crippen molar-refractivity contribution in [3.05, 3.63) is 55.1 Å². The first-order valence-corrected chi connectivity index (χ1v) is 17.1. The molecule has 0 aromatic heterocycles. The number of carbonyl (C=O) groups is 4. The molecule has 0 amide bonds. The summed E-state index contributed by atoms with van der Waals surface area (Å²) in [7, 11) is 0. The zero-order chi connectivity index (χ0) is 35.3. The van der Waals surface area contributed by atoms with Crippen LogP contribution in [0.1, 0.15) is 44.0 Å². The number of hydrogen-bond donors (Lipinski definition) is 0. The summed E-state index contributed by atoms with van der Waals surface area (Å²) in [5.74, 6) is -0.784. The number of esters is 3. The minimum Gasteiger partial charge on any atom is -0.463 e. The molecule has 0 bridgehead atoms. The van der Waals surface area contributed by atoms with Crippen molar-refractivity contribution in [2.24, 2.45) is 5.41 Å². The summed E-state index contributed by atoms with van der Waals surface area (Å²) in [6, 6.07) is 7.48. The van der Waals surface area contributed by atoms with E-state index in [1.807, 2.05) is 45.0 Å². The Morgan fingerprint density at radius 3 is 1.79 bits per heavy atom. The van der Waals surface area contributed by atoms with Gasteiger partial charge in [0.2, 0.25) is 0 Å². The number of ether oxygens (including phenoxy) is 7. The molecular weight excluding hydrogens is 642 g/mol. The third kappa shape index (κ3) is 15.0. The average Bonchev–Trinajstić information content (AvgIpc) is 3.10. The molecule has 48 heavy (non-hydrogen) atoms. The molecule has 0 saturated carbocycles. The molecule has 13 heteroatoms. The summed E-state index contributed by atoms with van der Waals surface area (Å²) in [6.45, 7) is 16.9. The first kappa shape index (κ1) is 41.1. The molecule has 1 aromatic rings. The highest BCUT2D eigenvalue weighted by atomic mass is 32.2. The topological polar surface area (TPSA) is 136 Å². The van der Waals surface area contributed by atoms with Crippen LogP contribution in [0.25, 0.3) is 0 Å². The molecule has 0 atom stereocenters. The van der Waals surface area contributed by atoms with Crippen molar-refractivity contribution in [1.82, 2.24) is 4.90 Å². The van der Waals surface area contributed by atoms with E-state index in [-0.39, 0.29) is 77.6 Å². The maximum absolute atomic E-state index is 13.2. The van der Waals surface area contributed by atoms with Crippen LogP contribution < -0.4 is 0 Å². The third-order valence-electron chi connectivity index (χ3n) is 7.79. The number of benzene rings is 1. The Kier molecular flexibility index (Phi) is 19.3. The second-order valence-corrected chi connectivity index (χ2v) is 12.8. The fraction of sp³-hybridized carbons (Fsp3) is 0.600. The SMILES string of the molecule is C=CC(=O)OCCOCC(CC)(COCCOC(=O)C=C)COCCOC(=O)CCSc1ccc(C(=O)C(C)(C)N2CCOCC2)cc1. The Morgan fingerprint density at radius 1 is 0.812 bits per heavy atom. The first-order chi connectivity index (χ1) is 23.1. The van der Waals surface area contributed by atoms with E-state index in [0.717, 1.165) is 30.1 Å². The lowest BCUT2D eigenvalue weighted by Crippen LogP contribution is -2.54. The van der Waals surface area contributed by atoms with Gasteiger partial charge >= 0.3 is 17.9 Å². The molecule has 1 aliphatic rings. The molecule has 0 aliphatic carbocycles. The second-order valence-electron chi connectivity index (χ2n) is 11.6. The number of thioether (sulfide) groups is 1. The smallest absolute Gasteiger partial charge is 0.330 e. The van der Waals surface area contributed by atoms with Crippen LogP contribution in [0, 0.1) is 5.41 Å². The number of carbonyl (C=O) groups excluding carboxylic acids is 4. The van der Waals surface area contributed by atoms with Crippen LogP contribution in [0.3, 0.4) is 0 Å². The van der Waals surface area contributed by atoms with Gasteiger partial charge in [-0.2, -0.15) is 0 Å². The van der Waals surface area contributed by atoms with E-state index >= 15 is 0 Å². The van der Waals surface area contributed by atoms with Gasteiger partial charge in [-0.25, -0.2) is 9.59 Å². The van der Waals surface area contributed by atoms with Gasteiger partial charge in [0.05, 0.1) is 64.8 Å². The van der Waals surface area contributed by atoms with Crippen molar-refractivity contribution < 1.29 is 52.3 Å². The van der Waals surface area contributed by atoms with E-state index < -0.39 is 22.9 Å². The predicted molar refractivity (Wildman–Crippen MR) is 181 cm³/mol. The Bertz CT molecular complexity index is 1140. The maximum Gasteiger partial charge on any atom is 0.330 e. The summed E-state index contributed by atoms with van der Waals surface area (Å²) in [5, 5.41) is 0. The van der Waals surface area contributed by atoms with E-state index in [1.54, 1.807) is 0 Å². The van der Waals surface area contributed by atoms with Crippen LogP contribution in [0.15, 0.2) is 54.5 Å². The molecule has 0 spiro atoms. The molecule has 1 aliphatic heterocycles. The van der Waals surface area contributed by atoms with Gasteiger partial charge in [0, 0.05) is 46.9 Å². The van der Waals surface area contributed by atoms with Crippen molar-refractivity contribution in [3.63, 3.8) is 0 Å². The lowest BCUT2D eigenvalue weighted by atomic mass is 9.88. The highest BCUT2D eigenvalue weighted by molar-refractivity contribution is 7.99. The van der Waals surface area contributed by atoms with Crippen LogP contribution in [-0.2, 0) is 47.5 Å². The largest absolute Gasteiger partial charge is 0.463 e. The Balaban J connectivity index is 1.72. The monoisotopic (exact) mass is 693 g/mol. The zero-order valence-electron chi connectivity index (χ0n) is 28.5. The van der Waals surface area contributed by atoms with Crippen molar-refractivity contribution >= 4 is 35.5 Å². The van der Waals surface area contributed by atoms with Crippen LogP contribution in [0.5, 0.6) is 0 Å². The van der Waals surface area contributed by atoms with Gasteiger partial charge in [0.25, 0.3) is 0 Å². The number of Topliss-reactive ketones (excluding diaryl/α,β-unsaturated/α-hetero) is 1. The third-order valence-corrected chi connectivity index (χ3v) is 8.81. The van der Waals surface area contributed by atoms with Crippen molar-refractivity contribution in [3.8, 4) is 0 Å². The van der Waals surface area contributed by atoms with Gasteiger partial charge < -0.3 is 33.2 Å². The second kappa shape index (κ2) is 22.5. The van der Waals surface area contributed by atoms with Gasteiger partial charge in [-0.15, -0.1) is 11.8 Å². The molecule has 268 valence electrons. The minimum absolute atomic E-state index is 0.0704. The first-order valence-electron chi connectivity index (χ1n) is 16.1. The van der Waals surface area contributed by atoms with Crippen LogP contribution >= 0.6 is 11.8 Å². The van der Waals surface area contributed by atoms with Crippen molar-refractivity contribution in [1.29, 1.82) is 0 Å². The van der Waals surface area contributed by atoms with Gasteiger partial charge in [-0.05, 0) is 32.4 Å².